The van der Waals surface area contributed by atoms with E-state index >= 15 is 0 Å². The number of amides is 1. The number of para-hydroxylation sites is 2. The molecule has 0 aliphatic carbocycles. The second-order valence-electron chi connectivity index (χ2n) is 6.62. The molecule has 9 nitrogen and oxygen atoms in total. The molecule has 1 amide bonds. The Morgan fingerprint density at radius 3 is 2.60 bits per heavy atom. The van der Waals surface area contributed by atoms with Crippen molar-refractivity contribution in [2.45, 2.75) is 12.5 Å². The number of nitrogens with zero attached hydrogens (tertiary/aromatic N) is 3. The molecule has 3 aromatic rings. The van der Waals surface area contributed by atoms with Crippen molar-refractivity contribution in [2.24, 2.45) is 7.05 Å². The minimum absolute atomic E-state index is 0.0259. The minimum atomic E-state index is -0.455. The fourth-order valence-corrected chi connectivity index (χ4v) is 3.07. The van der Waals surface area contributed by atoms with Gasteiger partial charge in [0.25, 0.3) is 5.69 Å². The summed E-state index contributed by atoms with van der Waals surface area (Å²) in [6.07, 6.45) is 3.63. The van der Waals surface area contributed by atoms with E-state index in [4.69, 9.17) is 4.74 Å². The lowest BCUT2D eigenvalue weighted by atomic mass is 10.1. The van der Waals surface area contributed by atoms with E-state index in [1.165, 1.54) is 6.07 Å². The summed E-state index contributed by atoms with van der Waals surface area (Å²) in [5, 5.41) is 17.1. The van der Waals surface area contributed by atoms with Crippen LogP contribution in [0.2, 0.25) is 0 Å². The van der Waals surface area contributed by atoms with E-state index in [2.05, 4.69) is 15.6 Å². The first-order valence-corrected chi connectivity index (χ1v) is 9.37. The van der Waals surface area contributed by atoms with Crippen LogP contribution in [0.15, 0.2) is 60.9 Å². The molecular formula is C21H23N5O4. The molecule has 0 saturated carbocycles. The number of imidazole rings is 1. The number of hydrogen-bond acceptors (Lipinski definition) is 6. The van der Waals surface area contributed by atoms with Crippen LogP contribution < -0.4 is 15.4 Å². The van der Waals surface area contributed by atoms with E-state index in [1.807, 2.05) is 42.1 Å². The molecule has 0 aliphatic heterocycles. The second kappa shape index (κ2) is 9.55. The summed E-state index contributed by atoms with van der Waals surface area (Å²) in [6, 6.07) is 13.3. The number of benzene rings is 2. The lowest BCUT2D eigenvalue weighted by Crippen LogP contribution is -2.32. The first-order valence-electron chi connectivity index (χ1n) is 9.37. The van der Waals surface area contributed by atoms with Crippen LogP contribution in [0.4, 0.5) is 11.4 Å². The highest BCUT2D eigenvalue weighted by molar-refractivity contribution is 5.77. The van der Waals surface area contributed by atoms with Gasteiger partial charge in [-0.15, -0.1) is 0 Å². The number of anilines is 1. The second-order valence-corrected chi connectivity index (χ2v) is 6.62. The summed E-state index contributed by atoms with van der Waals surface area (Å²) in [5.41, 5.74) is 1.22. The molecular weight excluding hydrogens is 386 g/mol. The standard InChI is InChI=1S/C21H23N5O4/c1-25-14-13-23-21(25)20(15-7-9-16(30-2)10-8-15)24-19(27)11-12-22-17-5-3-4-6-18(17)26(28)29/h3-10,13-14,20,22H,11-12H2,1-2H3,(H,24,27). The summed E-state index contributed by atoms with van der Waals surface area (Å²) in [7, 11) is 3.46. The number of nitrogens with one attached hydrogen (secondary N) is 2. The van der Waals surface area contributed by atoms with Crippen molar-refractivity contribution < 1.29 is 14.5 Å². The van der Waals surface area contributed by atoms with Gasteiger partial charge in [0.2, 0.25) is 5.91 Å². The summed E-state index contributed by atoms with van der Waals surface area (Å²) >= 11 is 0. The predicted molar refractivity (Wildman–Crippen MR) is 112 cm³/mol. The number of methoxy groups -OCH3 is 1. The van der Waals surface area contributed by atoms with Crippen molar-refractivity contribution in [3.63, 3.8) is 0 Å². The fourth-order valence-electron chi connectivity index (χ4n) is 3.07. The largest absolute Gasteiger partial charge is 0.497 e. The van der Waals surface area contributed by atoms with Crippen molar-refractivity contribution >= 4 is 17.3 Å². The highest BCUT2D eigenvalue weighted by atomic mass is 16.6. The van der Waals surface area contributed by atoms with E-state index < -0.39 is 11.0 Å². The quantitative estimate of drug-likeness (QED) is 0.415. The third-order valence-corrected chi connectivity index (χ3v) is 4.64. The number of aromatic nitrogens is 2. The Hall–Kier alpha value is -3.88. The maximum atomic E-state index is 12.6. The lowest BCUT2D eigenvalue weighted by Gasteiger charge is -2.19. The molecule has 2 aromatic carbocycles. The Labute approximate surface area is 173 Å². The average Bonchev–Trinajstić information content (AvgIpc) is 3.18. The normalized spacial score (nSPS) is 11.5. The zero-order chi connectivity index (χ0) is 21.5. The number of carbonyl (C=O) groups excluding carboxylic acids is 1. The summed E-state index contributed by atoms with van der Waals surface area (Å²) in [6.45, 7) is 0.257. The fraction of sp³-hybridized carbons (Fsp3) is 0.238. The van der Waals surface area contributed by atoms with Gasteiger partial charge in [0, 0.05) is 38.5 Å². The molecule has 30 heavy (non-hydrogen) atoms. The van der Waals surface area contributed by atoms with Gasteiger partial charge in [0.15, 0.2) is 0 Å². The number of carbonyl (C=O) groups is 1. The molecule has 0 radical (unpaired) electrons. The highest BCUT2D eigenvalue weighted by Crippen LogP contribution is 2.24. The number of hydrogen-bond donors (Lipinski definition) is 2. The summed E-state index contributed by atoms with van der Waals surface area (Å²) < 4.78 is 7.05. The van der Waals surface area contributed by atoms with E-state index in [9.17, 15) is 14.9 Å². The zero-order valence-electron chi connectivity index (χ0n) is 16.7. The van der Waals surface area contributed by atoms with Gasteiger partial charge in [-0.3, -0.25) is 14.9 Å². The molecule has 1 atom stereocenters. The number of aryl methyl sites for hydroxylation is 1. The van der Waals surface area contributed by atoms with Gasteiger partial charge in [0.1, 0.15) is 23.3 Å². The molecule has 9 heteroatoms. The summed E-state index contributed by atoms with van der Waals surface area (Å²) in [5.74, 6) is 1.21. The molecule has 156 valence electrons. The molecule has 2 N–H and O–H groups in total. The van der Waals surface area contributed by atoms with Crippen LogP contribution in [0, 0.1) is 10.1 Å². The number of nitro benzene ring substituents is 1. The third kappa shape index (κ3) is 4.93. The Balaban J connectivity index is 1.68. The summed E-state index contributed by atoms with van der Waals surface area (Å²) in [4.78, 5) is 27.6. The van der Waals surface area contributed by atoms with Gasteiger partial charge in [0.05, 0.1) is 12.0 Å². The first kappa shape index (κ1) is 20.8. The Bertz CT molecular complexity index is 1020. The van der Waals surface area contributed by atoms with Crippen LogP contribution in [-0.2, 0) is 11.8 Å². The maximum Gasteiger partial charge on any atom is 0.292 e. The minimum Gasteiger partial charge on any atom is -0.497 e. The average molecular weight is 409 g/mol. The Morgan fingerprint density at radius 1 is 1.23 bits per heavy atom. The van der Waals surface area contributed by atoms with Crippen LogP contribution in [0.3, 0.4) is 0 Å². The van der Waals surface area contributed by atoms with Gasteiger partial charge in [-0.25, -0.2) is 4.98 Å². The SMILES string of the molecule is COc1ccc(C(NC(=O)CCNc2ccccc2[N+](=O)[O-])c2nccn2C)cc1. The van der Waals surface area contributed by atoms with E-state index in [1.54, 1.807) is 31.5 Å². The van der Waals surface area contributed by atoms with Gasteiger partial charge in [-0.2, -0.15) is 0 Å². The van der Waals surface area contributed by atoms with E-state index in [0.29, 0.717) is 11.5 Å². The van der Waals surface area contributed by atoms with Crippen molar-refractivity contribution in [3.8, 4) is 5.75 Å². The van der Waals surface area contributed by atoms with Crippen LogP contribution >= 0.6 is 0 Å². The molecule has 0 spiro atoms. The van der Waals surface area contributed by atoms with E-state index in [-0.39, 0.29) is 24.6 Å². The van der Waals surface area contributed by atoms with Crippen LogP contribution in [0.25, 0.3) is 0 Å². The van der Waals surface area contributed by atoms with Crippen LogP contribution in [0.5, 0.6) is 5.75 Å². The lowest BCUT2D eigenvalue weighted by molar-refractivity contribution is -0.384. The topological polar surface area (TPSA) is 111 Å². The van der Waals surface area contributed by atoms with Gasteiger partial charge in [-0.1, -0.05) is 24.3 Å². The van der Waals surface area contributed by atoms with Crippen molar-refractivity contribution in [1.29, 1.82) is 0 Å². The molecule has 1 heterocycles. The predicted octanol–water partition coefficient (Wildman–Crippen LogP) is 3.04. The molecule has 1 unspecified atom stereocenters. The van der Waals surface area contributed by atoms with Gasteiger partial charge >= 0.3 is 0 Å². The van der Waals surface area contributed by atoms with Crippen molar-refractivity contribution in [2.75, 3.05) is 19.0 Å². The Kier molecular flexibility index (Phi) is 6.63. The van der Waals surface area contributed by atoms with Crippen molar-refractivity contribution in [1.82, 2.24) is 14.9 Å². The van der Waals surface area contributed by atoms with Crippen LogP contribution in [0.1, 0.15) is 23.9 Å². The molecule has 0 aliphatic rings. The highest BCUT2D eigenvalue weighted by Gasteiger charge is 2.21. The number of ether oxygens (including phenoxy) is 1. The zero-order valence-corrected chi connectivity index (χ0v) is 16.7. The molecule has 3 rings (SSSR count). The first-order chi connectivity index (χ1) is 14.5. The third-order valence-electron chi connectivity index (χ3n) is 4.64. The van der Waals surface area contributed by atoms with Gasteiger partial charge < -0.3 is 19.9 Å². The molecule has 0 saturated heterocycles. The molecule has 0 fully saturated rings. The van der Waals surface area contributed by atoms with Crippen molar-refractivity contribution in [3.05, 3.63) is 82.4 Å². The number of nitro groups is 1. The van der Waals surface area contributed by atoms with E-state index in [0.717, 1.165) is 11.3 Å². The monoisotopic (exact) mass is 409 g/mol. The maximum absolute atomic E-state index is 12.6. The van der Waals surface area contributed by atoms with Gasteiger partial charge in [-0.05, 0) is 23.8 Å². The smallest absolute Gasteiger partial charge is 0.292 e. The molecule has 1 aromatic heterocycles. The van der Waals surface area contributed by atoms with Crippen LogP contribution in [-0.4, -0.2) is 34.0 Å². The molecule has 0 bridgehead atoms. The Morgan fingerprint density at radius 2 is 1.97 bits per heavy atom. The number of rotatable bonds is 9.